The first-order valence-corrected chi connectivity index (χ1v) is 5.65. The lowest BCUT2D eigenvalue weighted by Gasteiger charge is -2.11. The first-order chi connectivity index (χ1) is 7.56. The molecule has 1 aromatic rings. The number of aliphatic hydroxyl groups excluding tert-OH is 1. The van der Waals surface area contributed by atoms with Gasteiger partial charge < -0.3 is 10.4 Å². The molecule has 0 saturated carbocycles. The number of benzene rings is 1. The van der Waals surface area contributed by atoms with Crippen LogP contribution in [0.5, 0.6) is 0 Å². The number of nitrogens with one attached hydrogen (secondary N) is 1. The van der Waals surface area contributed by atoms with Crippen molar-refractivity contribution in [1.82, 2.24) is 5.32 Å². The van der Waals surface area contributed by atoms with E-state index in [4.69, 9.17) is 11.6 Å². The maximum atomic E-state index is 11.8. The predicted molar refractivity (Wildman–Crippen MR) is 64.8 cm³/mol. The summed E-state index contributed by atoms with van der Waals surface area (Å²) in [5.74, 6) is -0.201. The highest BCUT2D eigenvalue weighted by Gasteiger charge is 2.11. The van der Waals surface area contributed by atoms with Crippen molar-refractivity contribution in [1.29, 1.82) is 0 Å². The molecule has 1 atom stereocenters. The van der Waals surface area contributed by atoms with Crippen LogP contribution < -0.4 is 5.32 Å². The Labute approximate surface area is 100 Å². The van der Waals surface area contributed by atoms with Crippen LogP contribution >= 0.6 is 11.6 Å². The molecule has 0 aliphatic heterocycles. The molecule has 0 spiro atoms. The standard InChI is InChI=1S/C12H16ClNO2/c1-3-9(15)7-14-12(16)10-5-4-6-11(13)8(10)2/h4-6,9,15H,3,7H2,1-2H3,(H,14,16). The van der Waals surface area contributed by atoms with Gasteiger partial charge in [0, 0.05) is 17.1 Å². The Balaban J connectivity index is 2.70. The molecule has 1 amide bonds. The summed E-state index contributed by atoms with van der Waals surface area (Å²) < 4.78 is 0. The second-order valence-corrected chi connectivity index (χ2v) is 4.09. The number of hydrogen-bond acceptors (Lipinski definition) is 2. The third-order valence-electron chi connectivity index (χ3n) is 2.48. The van der Waals surface area contributed by atoms with E-state index < -0.39 is 6.10 Å². The maximum absolute atomic E-state index is 11.8. The Morgan fingerprint density at radius 3 is 2.88 bits per heavy atom. The van der Waals surface area contributed by atoms with Crippen molar-refractivity contribution < 1.29 is 9.90 Å². The maximum Gasteiger partial charge on any atom is 0.251 e. The van der Waals surface area contributed by atoms with Crippen LogP contribution in [0.1, 0.15) is 29.3 Å². The molecule has 1 rings (SSSR count). The van der Waals surface area contributed by atoms with Crippen LogP contribution in [0.25, 0.3) is 0 Å². The number of carbonyl (C=O) groups excluding carboxylic acids is 1. The SMILES string of the molecule is CCC(O)CNC(=O)c1cccc(Cl)c1C. The summed E-state index contributed by atoms with van der Waals surface area (Å²) >= 11 is 5.92. The molecule has 16 heavy (non-hydrogen) atoms. The van der Waals surface area contributed by atoms with Crippen molar-refractivity contribution in [3.05, 3.63) is 34.3 Å². The van der Waals surface area contributed by atoms with E-state index in [9.17, 15) is 9.90 Å². The van der Waals surface area contributed by atoms with Crippen molar-refractivity contribution >= 4 is 17.5 Å². The van der Waals surface area contributed by atoms with Crippen molar-refractivity contribution in [2.24, 2.45) is 0 Å². The molecule has 0 aromatic heterocycles. The Hall–Kier alpha value is -1.06. The number of rotatable bonds is 4. The molecule has 0 saturated heterocycles. The Morgan fingerprint density at radius 1 is 1.56 bits per heavy atom. The zero-order chi connectivity index (χ0) is 12.1. The zero-order valence-electron chi connectivity index (χ0n) is 9.46. The van der Waals surface area contributed by atoms with Crippen LogP contribution in [-0.2, 0) is 0 Å². The van der Waals surface area contributed by atoms with Crippen molar-refractivity contribution in [2.75, 3.05) is 6.54 Å². The van der Waals surface area contributed by atoms with E-state index in [1.807, 2.05) is 6.92 Å². The van der Waals surface area contributed by atoms with E-state index in [2.05, 4.69) is 5.32 Å². The third-order valence-corrected chi connectivity index (χ3v) is 2.89. The third kappa shape index (κ3) is 3.22. The fraction of sp³-hybridized carbons (Fsp3) is 0.417. The van der Waals surface area contributed by atoms with E-state index in [-0.39, 0.29) is 12.5 Å². The average molecular weight is 242 g/mol. The van der Waals surface area contributed by atoms with Crippen molar-refractivity contribution in [3.8, 4) is 0 Å². The highest BCUT2D eigenvalue weighted by Crippen LogP contribution is 2.18. The van der Waals surface area contributed by atoms with Crippen molar-refractivity contribution in [3.63, 3.8) is 0 Å². The van der Waals surface area contributed by atoms with E-state index in [0.29, 0.717) is 17.0 Å². The Morgan fingerprint density at radius 2 is 2.25 bits per heavy atom. The van der Waals surface area contributed by atoms with Crippen LogP contribution in [0.3, 0.4) is 0 Å². The van der Waals surface area contributed by atoms with Gasteiger partial charge in [0.05, 0.1) is 6.10 Å². The van der Waals surface area contributed by atoms with Gasteiger partial charge in [0.15, 0.2) is 0 Å². The lowest BCUT2D eigenvalue weighted by Crippen LogP contribution is -2.32. The molecular formula is C12H16ClNO2. The molecule has 4 heteroatoms. The molecule has 0 aliphatic rings. The second kappa shape index (κ2) is 5.87. The fourth-order valence-corrected chi connectivity index (χ4v) is 1.48. The second-order valence-electron chi connectivity index (χ2n) is 3.68. The highest BCUT2D eigenvalue weighted by molar-refractivity contribution is 6.31. The quantitative estimate of drug-likeness (QED) is 0.849. The molecule has 0 radical (unpaired) electrons. The first-order valence-electron chi connectivity index (χ1n) is 5.27. The van der Waals surface area contributed by atoms with Crippen LogP contribution in [0.4, 0.5) is 0 Å². The van der Waals surface area contributed by atoms with E-state index in [1.165, 1.54) is 0 Å². The van der Waals surface area contributed by atoms with Gasteiger partial charge in [-0.2, -0.15) is 0 Å². The minimum absolute atomic E-state index is 0.201. The first kappa shape index (κ1) is 13.0. The number of hydrogen-bond donors (Lipinski definition) is 2. The monoisotopic (exact) mass is 241 g/mol. The molecular weight excluding hydrogens is 226 g/mol. The predicted octanol–water partition coefficient (Wildman–Crippen LogP) is 2.15. The van der Waals surface area contributed by atoms with Gasteiger partial charge in [0.25, 0.3) is 5.91 Å². The average Bonchev–Trinajstić information content (AvgIpc) is 2.29. The molecule has 0 fully saturated rings. The van der Waals surface area contributed by atoms with Gasteiger partial charge in [0.1, 0.15) is 0 Å². The van der Waals surface area contributed by atoms with E-state index in [0.717, 1.165) is 5.56 Å². The van der Waals surface area contributed by atoms with Gasteiger partial charge >= 0.3 is 0 Å². The van der Waals surface area contributed by atoms with Gasteiger partial charge in [-0.25, -0.2) is 0 Å². The van der Waals surface area contributed by atoms with Gasteiger partial charge in [-0.1, -0.05) is 24.6 Å². The summed E-state index contributed by atoms with van der Waals surface area (Å²) in [4.78, 5) is 11.8. The summed E-state index contributed by atoms with van der Waals surface area (Å²) in [5, 5.41) is 12.6. The van der Waals surface area contributed by atoms with Crippen LogP contribution in [0.2, 0.25) is 5.02 Å². The van der Waals surface area contributed by atoms with Gasteiger partial charge in [-0.15, -0.1) is 0 Å². The minimum Gasteiger partial charge on any atom is -0.391 e. The smallest absolute Gasteiger partial charge is 0.251 e. The summed E-state index contributed by atoms with van der Waals surface area (Å²) in [6.07, 6.45) is 0.123. The summed E-state index contributed by atoms with van der Waals surface area (Å²) in [5.41, 5.74) is 1.31. The summed E-state index contributed by atoms with van der Waals surface area (Å²) in [6, 6.07) is 5.20. The normalized spacial score (nSPS) is 12.2. The van der Waals surface area contributed by atoms with Crippen LogP contribution in [0, 0.1) is 6.92 Å². The topological polar surface area (TPSA) is 49.3 Å². The summed E-state index contributed by atoms with van der Waals surface area (Å²) in [6.45, 7) is 3.93. The molecule has 1 aromatic carbocycles. The van der Waals surface area contributed by atoms with Gasteiger partial charge in [0.2, 0.25) is 0 Å². The number of carbonyl (C=O) groups is 1. The number of aliphatic hydroxyl groups is 1. The molecule has 0 bridgehead atoms. The van der Waals surface area contributed by atoms with Crippen LogP contribution in [-0.4, -0.2) is 23.7 Å². The zero-order valence-corrected chi connectivity index (χ0v) is 10.2. The Kier molecular flexibility index (Phi) is 4.77. The molecule has 1 unspecified atom stereocenters. The molecule has 3 nitrogen and oxygen atoms in total. The molecule has 0 heterocycles. The van der Waals surface area contributed by atoms with Gasteiger partial charge in [-0.05, 0) is 31.0 Å². The number of halogens is 1. The highest BCUT2D eigenvalue weighted by atomic mass is 35.5. The fourth-order valence-electron chi connectivity index (χ4n) is 1.30. The van der Waals surface area contributed by atoms with Crippen LogP contribution in [0.15, 0.2) is 18.2 Å². The van der Waals surface area contributed by atoms with Gasteiger partial charge in [-0.3, -0.25) is 4.79 Å². The Bertz CT molecular complexity index is 379. The lowest BCUT2D eigenvalue weighted by atomic mass is 10.1. The molecule has 88 valence electrons. The molecule has 2 N–H and O–H groups in total. The molecule has 0 aliphatic carbocycles. The lowest BCUT2D eigenvalue weighted by molar-refractivity contribution is 0.0913. The largest absolute Gasteiger partial charge is 0.391 e. The minimum atomic E-state index is -0.497. The van der Waals surface area contributed by atoms with E-state index >= 15 is 0 Å². The summed E-state index contributed by atoms with van der Waals surface area (Å²) in [7, 11) is 0. The van der Waals surface area contributed by atoms with Crippen molar-refractivity contribution in [2.45, 2.75) is 26.4 Å². The van der Waals surface area contributed by atoms with E-state index in [1.54, 1.807) is 25.1 Å². The number of amides is 1.